The van der Waals surface area contributed by atoms with Gasteiger partial charge in [0, 0.05) is 24.2 Å². The molecular formula is C19H17F2N5O. The van der Waals surface area contributed by atoms with Crippen LogP contribution in [0, 0.1) is 11.6 Å². The molecule has 1 fully saturated rings. The molecule has 0 spiro atoms. The van der Waals surface area contributed by atoms with E-state index < -0.39 is 0 Å². The summed E-state index contributed by atoms with van der Waals surface area (Å²) in [5, 5.41) is 12.6. The van der Waals surface area contributed by atoms with Gasteiger partial charge in [0.25, 0.3) is 5.91 Å². The molecule has 2 heterocycles. The highest BCUT2D eigenvalue weighted by molar-refractivity contribution is 5.94. The fourth-order valence-corrected chi connectivity index (χ4v) is 3.20. The molecule has 2 aromatic carbocycles. The minimum Gasteiger partial charge on any atom is -0.336 e. The number of aromatic nitrogens is 4. The third-order valence-electron chi connectivity index (χ3n) is 4.63. The van der Waals surface area contributed by atoms with Crippen LogP contribution in [0.1, 0.15) is 29.2 Å². The Labute approximate surface area is 154 Å². The predicted octanol–water partition coefficient (Wildman–Crippen LogP) is 3.10. The normalized spacial score (nSPS) is 17.1. The fraction of sp³-hybridized carbons (Fsp3) is 0.263. The molecule has 1 saturated heterocycles. The second kappa shape index (κ2) is 7.22. The molecule has 0 saturated carbocycles. The Kier molecular flexibility index (Phi) is 4.62. The van der Waals surface area contributed by atoms with Gasteiger partial charge < -0.3 is 4.90 Å². The van der Waals surface area contributed by atoms with Gasteiger partial charge >= 0.3 is 0 Å². The monoisotopic (exact) mass is 369 g/mol. The zero-order valence-electron chi connectivity index (χ0n) is 14.4. The number of rotatable bonds is 3. The van der Waals surface area contributed by atoms with Crippen LogP contribution in [0.3, 0.4) is 0 Å². The van der Waals surface area contributed by atoms with Crippen molar-refractivity contribution in [2.45, 2.75) is 18.9 Å². The Morgan fingerprint density at radius 3 is 2.37 bits per heavy atom. The molecule has 3 aromatic rings. The minimum absolute atomic E-state index is 0.0927. The van der Waals surface area contributed by atoms with Crippen LogP contribution in [0.2, 0.25) is 0 Å². The van der Waals surface area contributed by atoms with Crippen LogP contribution in [-0.2, 0) is 0 Å². The quantitative estimate of drug-likeness (QED) is 0.712. The summed E-state index contributed by atoms with van der Waals surface area (Å²) in [6.07, 6.45) is 1.64. The first-order chi connectivity index (χ1) is 13.1. The molecule has 0 bridgehead atoms. The van der Waals surface area contributed by atoms with Crippen molar-refractivity contribution in [3.63, 3.8) is 0 Å². The lowest BCUT2D eigenvalue weighted by atomic mass is 10.0. The third-order valence-corrected chi connectivity index (χ3v) is 4.63. The van der Waals surface area contributed by atoms with Gasteiger partial charge in [0.05, 0.1) is 6.04 Å². The topological polar surface area (TPSA) is 63.9 Å². The van der Waals surface area contributed by atoms with E-state index in [0.29, 0.717) is 30.0 Å². The van der Waals surface area contributed by atoms with Crippen LogP contribution in [0.15, 0.2) is 48.5 Å². The van der Waals surface area contributed by atoms with Crippen molar-refractivity contribution < 1.29 is 13.6 Å². The van der Waals surface area contributed by atoms with Crippen LogP contribution in [0.25, 0.3) is 11.4 Å². The molecule has 1 aliphatic rings. The van der Waals surface area contributed by atoms with Gasteiger partial charge in [-0.2, -0.15) is 4.80 Å². The molecule has 0 N–H and O–H groups in total. The molecule has 1 amide bonds. The van der Waals surface area contributed by atoms with Gasteiger partial charge in [-0.3, -0.25) is 4.79 Å². The Hall–Kier alpha value is -3.16. The average Bonchev–Trinajstić information content (AvgIpc) is 3.19. The summed E-state index contributed by atoms with van der Waals surface area (Å²) in [6, 6.07) is 11.3. The highest BCUT2D eigenvalue weighted by Gasteiger charge is 2.27. The standard InChI is InChI=1S/C19H17F2N5O/c20-15-7-3-13(4-8-15)18-22-24-26(23-18)17-2-1-11-25(12-17)19(27)14-5-9-16(21)10-6-14/h3-10,17H,1-2,11-12H2. The number of tetrazole rings is 1. The number of hydrogen-bond acceptors (Lipinski definition) is 4. The second-order valence-corrected chi connectivity index (χ2v) is 6.49. The van der Waals surface area contributed by atoms with Crippen molar-refractivity contribution >= 4 is 5.91 Å². The zero-order valence-corrected chi connectivity index (χ0v) is 14.4. The van der Waals surface area contributed by atoms with Crippen LogP contribution in [-0.4, -0.2) is 44.1 Å². The molecule has 4 rings (SSSR count). The fourth-order valence-electron chi connectivity index (χ4n) is 3.20. The van der Waals surface area contributed by atoms with Gasteiger partial charge in [-0.15, -0.1) is 10.2 Å². The number of nitrogens with zero attached hydrogens (tertiary/aromatic N) is 5. The SMILES string of the molecule is O=C(c1ccc(F)cc1)N1CCCC(n2nnc(-c3ccc(F)cc3)n2)C1. The smallest absolute Gasteiger partial charge is 0.253 e. The molecule has 138 valence electrons. The van der Waals surface area contributed by atoms with E-state index in [-0.39, 0.29) is 23.6 Å². The number of piperidine rings is 1. The molecule has 6 nitrogen and oxygen atoms in total. The number of carbonyl (C=O) groups is 1. The average molecular weight is 369 g/mol. The van der Waals surface area contributed by atoms with E-state index in [0.717, 1.165) is 12.8 Å². The maximum atomic E-state index is 13.1. The van der Waals surface area contributed by atoms with Crippen molar-refractivity contribution in [1.29, 1.82) is 0 Å². The summed E-state index contributed by atoms with van der Waals surface area (Å²) >= 11 is 0. The Balaban J connectivity index is 1.49. The predicted molar refractivity (Wildman–Crippen MR) is 93.8 cm³/mol. The maximum absolute atomic E-state index is 13.1. The van der Waals surface area contributed by atoms with E-state index in [4.69, 9.17) is 0 Å². The first-order valence-corrected chi connectivity index (χ1v) is 8.70. The van der Waals surface area contributed by atoms with Crippen LogP contribution < -0.4 is 0 Å². The summed E-state index contributed by atoms with van der Waals surface area (Å²) in [7, 11) is 0. The lowest BCUT2D eigenvalue weighted by molar-refractivity contribution is 0.0663. The number of benzene rings is 2. The molecule has 0 radical (unpaired) electrons. The van der Waals surface area contributed by atoms with Crippen molar-refractivity contribution in [3.05, 3.63) is 65.7 Å². The summed E-state index contributed by atoms with van der Waals surface area (Å²) in [4.78, 5) is 15.9. The molecule has 27 heavy (non-hydrogen) atoms. The molecule has 0 aliphatic carbocycles. The van der Waals surface area contributed by atoms with Crippen LogP contribution in [0.5, 0.6) is 0 Å². The first kappa shape index (κ1) is 17.3. The van der Waals surface area contributed by atoms with Gasteiger partial charge in [-0.05, 0) is 66.6 Å². The summed E-state index contributed by atoms with van der Waals surface area (Å²) in [6.45, 7) is 1.08. The van der Waals surface area contributed by atoms with Gasteiger partial charge in [0.2, 0.25) is 5.82 Å². The van der Waals surface area contributed by atoms with Gasteiger partial charge in [0.15, 0.2) is 0 Å². The van der Waals surface area contributed by atoms with Crippen LogP contribution >= 0.6 is 0 Å². The van der Waals surface area contributed by atoms with E-state index in [1.54, 1.807) is 17.0 Å². The highest BCUT2D eigenvalue weighted by atomic mass is 19.1. The van der Waals surface area contributed by atoms with E-state index in [1.807, 2.05) is 0 Å². The lowest BCUT2D eigenvalue weighted by Gasteiger charge is -2.31. The maximum Gasteiger partial charge on any atom is 0.253 e. The largest absolute Gasteiger partial charge is 0.336 e. The summed E-state index contributed by atoms with van der Waals surface area (Å²) in [5.41, 5.74) is 1.13. The Morgan fingerprint density at radius 2 is 1.67 bits per heavy atom. The molecular weight excluding hydrogens is 352 g/mol. The molecule has 1 aliphatic heterocycles. The zero-order chi connectivity index (χ0) is 18.8. The van der Waals surface area contributed by atoms with Crippen molar-refractivity contribution in [2.24, 2.45) is 0 Å². The Bertz CT molecular complexity index is 939. The van der Waals surface area contributed by atoms with Crippen molar-refractivity contribution in [1.82, 2.24) is 25.1 Å². The molecule has 8 heteroatoms. The van der Waals surface area contributed by atoms with Crippen molar-refractivity contribution in [3.8, 4) is 11.4 Å². The second-order valence-electron chi connectivity index (χ2n) is 6.49. The Morgan fingerprint density at radius 1 is 1.00 bits per heavy atom. The van der Waals surface area contributed by atoms with E-state index in [1.165, 1.54) is 41.2 Å². The lowest BCUT2D eigenvalue weighted by Crippen LogP contribution is -2.41. The van der Waals surface area contributed by atoms with E-state index in [9.17, 15) is 13.6 Å². The summed E-state index contributed by atoms with van der Waals surface area (Å²) < 4.78 is 26.1. The number of amides is 1. The minimum atomic E-state index is -0.372. The number of carbonyl (C=O) groups excluding carboxylic acids is 1. The first-order valence-electron chi connectivity index (χ1n) is 8.70. The van der Waals surface area contributed by atoms with Gasteiger partial charge in [-0.25, -0.2) is 8.78 Å². The van der Waals surface area contributed by atoms with Crippen LogP contribution in [0.4, 0.5) is 8.78 Å². The summed E-state index contributed by atoms with van der Waals surface area (Å²) in [5.74, 6) is -0.424. The van der Waals surface area contributed by atoms with Crippen molar-refractivity contribution in [2.75, 3.05) is 13.1 Å². The number of halogens is 2. The third kappa shape index (κ3) is 3.69. The van der Waals surface area contributed by atoms with Gasteiger partial charge in [-0.1, -0.05) is 0 Å². The number of hydrogen-bond donors (Lipinski definition) is 0. The molecule has 1 aromatic heterocycles. The number of likely N-dealkylation sites (tertiary alicyclic amines) is 1. The van der Waals surface area contributed by atoms with Gasteiger partial charge in [0.1, 0.15) is 11.6 Å². The van der Waals surface area contributed by atoms with E-state index in [2.05, 4.69) is 15.4 Å². The van der Waals surface area contributed by atoms with E-state index >= 15 is 0 Å². The highest BCUT2D eigenvalue weighted by Crippen LogP contribution is 2.23. The molecule has 1 unspecified atom stereocenters. The molecule has 1 atom stereocenters.